The van der Waals surface area contributed by atoms with Crippen LogP contribution in [-0.2, 0) is 0 Å². The highest BCUT2D eigenvalue weighted by molar-refractivity contribution is 9.10. The molecule has 3 nitrogen and oxygen atoms in total. The first-order valence-corrected chi connectivity index (χ1v) is 10.3. The van der Waals surface area contributed by atoms with Gasteiger partial charge < -0.3 is 9.64 Å². The zero-order valence-corrected chi connectivity index (χ0v) is 17.2. The van der Waals surface area contributed by atoms with E-state index in [0.717, 1.165) is 48.2 Å². The highest BCUT2D eigenvalue weighted by Gasteiger charge is 2.40. The van der Waals surface area contributed by atoms with Gasteiger partial charge in [0.05, 0.1) is 11.6 Å². The number of benzene rings is 2. The van der Waals surface area contributed by atoms with Crippen LogP contribution in [0, 0.1) is 12.8 Å². The fourth-order valence-corrected chi connectivity index (χ4v) is 4.61. The van der Waals surface area contributed by atoms with Crippen LogP contribution in [0.5, 0.6) is 5.75 Å². The zero-order chi connectivity index (χ0) is 18.1. The van der Waals surface area contributed by atoms with Gasteiger partial charge in [-0.15, -0.1) is 0 Å². The van der Waals surface area contributed by atoms with Gasteiger partial charge in [-0.1, -0.05) is 24.3 Å². The van der Waals surface area contributed by atoms with Crippen molar-refractivity contribution in [1.82, 2.24) is 4.90 Å². The first-order valence-electron chi connectivity index (χ1n) is 9.52. The molecule has 0 N–H and O–H groups in total. The molecule has 1 saturated carbocycles. The summed E-state index contributed by atoms with van der Waals surface area (Å²) < 4.78 is 6.45. The third-order valence-corrected chi connectivity index (χ3v) is 6.53. The van der Waals surface area contributed by atoms with Gasteiger partial charge in [0, 0.05) is 44.5 Å². The lowest BCUT2D eigenvalue weighted by atomic mass is 10.0. The van der Waals surface area contributed by atoms with Crippen molar-refractivity contribution in [3.63, 3.8) is 0 Å². The predicted octanol–water partition coefficient (Wildman–Crippen LogP) is 4.69. The average molecular weight is 415 g/mol. The number of rotatable bonds is 5. The third kappa shape index (κ3) is 3.77. The molecule has 0 spiro atoms. The Balaban J connectivity index is 1.30. The number of methoxy groups -OCH3 is 1. The molecule has 0 radical (unpaired) electrons. The van der Waals surface area contributed by atoms with Gasteiger partial charge in [-0.3, -0.25) is 4.90 Å². The second-order valence-electron chi connectivity index (χ2n) is 7.57. The second kappa shape index (κ2) is 7.61. The maximum absolute atomic E-state index is 5.44. The fraction of sp³-hybridized carbons (Fsp3) is 0.455. The number of nitrogens with zero attached hydrogens (tertiary/aromatic N) is 2. The minimum absolute atomic E-state index is 0.782. The van der Waals surface area contributed by atoms with E-state index in [2.05, 4.69) is 75.1 Å². The van der Waals surface area contributed by atoms with Crippen LogP contribution in [0.2, 0.25) is 0 Å². The SMILES string of the molecule is COc1cc(N2CCN(C[C@H]3C[C@@H]3c3ccccc3C)CC2)ccc1Br. The average Bonchev–Trinajstić information content (AvgIpc) is 3.42. The Morgan fingerprint density at radius 2 is 1.85 bits per heavy atom. The van der Waals surface area contributed by atoms with Crippen molar-refractivity contribution in [1.29, 1.82) is 0 Å². The van der Waals surface area contributed by atoms with Crippen LogP contribution < -0.4 is 9.64 Å². The lowest BCUT2D eigenvalue weighted by Gasteiger charge is -2.36. The van der Waals surface area contributed by atoms with Crippen LogP contribution in [0.3, 0.4) is 0 Å². The molecule has 1 saturated heterocycles. The molecule has 1 aliphatic heterocycles. The molecular formula is C22H27BrN2O. The third-order valence-electron chi connectivity index (χ3n) is 5.88. The molecule has 0 unspecified atom stereocenters. The molecule has 1 aliphatic carbocycles. The van der Waals surface area contributed by atoms with Crippen LogP contribution >= 0.6 is 15.9 Å². The molecule has 26 heavy (non-hydrogen) atoms. The highest BCUT2D eigenvalue weighted by atomic mass is 79.9. The Morgan fingerprint density at radius 3 is 2.58 bits per heavy atom. The minimum Gasteiger partial charge on any atom is -0.495 e. The van der Waals surface area contributed by atoms with Crippen molar-refractivity contribution in [2.45, 2.75) is 19.3 Å². The van der Waals surface area contributed by atoms with Crippen LogP contribution in [0.25, 0.3) is 0 Å². The summed E-state index contributed by atoms with van der Waals surface area (Å²) in [5.41, 5.74) is 4.28. The Hall–Kier alpha value is -1.52. The van der Waals surface area contributed by atoms with Gasteiger partial charge in [0.2, 0.25) is 0 Å². The largest absolute Gasteiger partial charge is 0.495 e. The molecule has 4 heteroatoms. The summed E-state index contributed by atoms with van der Waals surface area (Å²) in [5, 5.41) is 0. The number of halogens is 1. The van der Waals surface area contributed by atoms with Gasteiger partial charge in [0.1, 0.15) is 5.75 Å². The van der Waals surface area contributed by atoms with Crippen molar-refractivity contribution in [2.24, 2.45) is 5.92 Å². The Bertz CT molecular complexity index is 770. The number of piperazine rings is 1. The molecular weight excluding hydrogens is 388 g/mol. The van der Waals surface area contributed by atoms with Crippen LogP contribution in [0.15, 0.2) is 46.9 Å². The standard InChI is InChI=1S/C22H27BrN2O/c1-16-5-3-4-6-19(16)20-13-17(20)15-24-9-11-25(12-10-24)18-7-8-21(23)22(14-18)26-2/h3-8,14,17,20H,9-13,15H2,1-2H3/t17-,20+/m1/s1. The fourth-order valence-electron chi connectivity index (χ4n) is 4.20. The number of hydrogen-bond acceptors (Lipinski definition) is 3. The van der Waals surface area contributed by atoms with E-state index in [1.165, 1.54) is 24.2 Å². The van der Waals surface area contributed by atoms with Crippen molar-refractivity contribution < 1.29 is 4.74 Å². The molecule has 138 valence electrons. The molecule has 2 aliphatic rings. The van der Waals surface area contributed by atoms with E-state index in [0.29, 0.717) is 0 Å². The molecule has 4 rings (SSSR count). The molecule has 1 heterocycles. The summed E-state index contributed by atoms with van der Waals surface area (Å²) in [6.07, 6.45) is 1.36. The molecule has 2 aromatic rings. The van der Waals surface area contributed by atoms with E-state index in [9.17, 15) is 0 Å². The topological polar surface area (TPSA) is 15.7 Å². The van der Waals surface area contributed by atoms with E-state index in [1.807, 2.05) is 0 Å². The first-order chi connectivity index (χ1) is 12.7. The number of ether oxygens (including phenoxy) is 1. The molecule has 2 atom stereocenters. The highest BCUT2D eigenvalue weighted by Crippen LogP contribution is 2.48. The number of hydrogen-bond donors (Lipinski definition) is 0. The predicted molar refractivity (Wildman–Crippen MR) is 111 cm³/mol. The Morgan fingerprint density at radius 1 is 1.08 bits per heavy atom. The van der Waals surface area contributed by atoms with Crippen LogP contribution in [-0.4, -0.2) is 44.7 Å². The van der Waals surface area contributed by atoms with Crippen molar-refractivity contribution in [2.75, 3.05) is 44.7 Å². The monoisotopic (exact) mass is 414 g/mol. The molecule has 2 fully saturated rings. The minimum atomic E-state index is 0.782. The van der Waals surface area contributed by atoms with Crippen LogP contribution in [0.4, 0.5) is 5.69 Å². The summed E-state index contributed by atoms with van der Waals surface area (Å²) in [6.45, 7) is 7.97. The quantitative estimate of drug-likeness (QED) is 0.705. The summed E-state index contributed by atoms with van der Waals surface area (Å²) in [6, 6.07) is 15.3. The lowest BCUT2D eigenvalue weighted by Crippen LogP contribution is -2.47. The van der Waals surface area contributed by atoms with Gasteiger partial charge in [0.25, 0.3) is 0 Å². The van der Waals surface area contributed by atoms with Crippen molar-refractivity contribution in [3.8, 4) is 5.75 Å². The maximum Gasteiger partial charge on any atom is 0.135 e. The summed E-state index contributed by atoms with van der Waals surface area (Å²) >= 11 is 3.54. The van der Waals surface area contributed by atoms with E-state index < -0.39 is 0 Å². The van der Waals surface area contributed by atoms with Crippen LogP contribution in [0.1, 0.15) is 23.5 Å². The van der Waals surface area contributed by atoms with E-state index >= 15 is 0 Å². The van der Waals surface area contributed by atoms with E-state index in [4.69, 9.17) is 4.74 Å². The van der Waals surface area contributed by atoms with Crippen molar-refractivity contribution >= 4 is 21.6 Å². The van der Waals surface area contributed by atoms with E-state index in [1.54, 1.807) is 12.7 Å². The Labute approximate surface area is 165 Å². The van der Waals surface area contributed by atoms with Gasteiger partial charge in [-0.2, -0.15) is 0 Å². The zero-order valence-electron chi connectivity index (χ0n) is 15.6. The lowest BCUT2D eigenvalue weighted by molar-refractivity contribution is 0.246. The van der Waals surface area contributed by atoms with Gasteiger partial charge in [-0.05, 0) is 64.4 Å². The van der Waals surface area contributed by atoms with Gasteiger partial charge in [0.15, 0.2) is 0 Å². The van der Waals surface area contributed by atoms with Crippen molar-refractivity contribution in [3.05, 3.63) is 58.1 Å². The maximum atomic E-state index is 5.44. The molecule has 2 aromatic carbocycles. The summed E-state index contributed by atoms with van der Waals surface area (Å²) in [4.78, 5) is 5.12. The number of anilines is 1. The second-order valence-corrected chi connectivity index (χ2v) is 8.42. The smallest absolute Gasteiger partial charge is 0.135 e. The molecule has 0 amide bonds. The normalized spacial score (nSPS) is 23.1. The van der Waals surface area contributed by atoms with Gasteiger partial charge in [-0.25, -0.2) is 0 Å². The summed E-state index contributed by atoms with van der Waals surface area (Å²) in [7, 11) is 1.72. The first kappa shape index (κ1) is 17.9. The number of aryl methyl sites for hydroxylation is 1. The molecule has 0 bridgehead atoms. The molecule has 0 aromatic heterocycles. The summed E-state index contributed by atoms with van der Waals surface area (Å²) in [5.74, 6) is 2.53. The van der Waals surface area contributed by atoms with Gasteiger partial charge >= 0.3 is 0 Å². The Kier molecular flexibility index (Phi) is 5.23. The van der Waals surface area contributed by atoms with E-state index in [-0.39, 0.29) is 0 Å².